The minimum atomic E-state index is -3.90. The molecule has 3 rings (SSSR count). The Bertz CT molecular complexity index is 895. The quantitative estimate of drug-likeness (QED) is 0.778. The fraction of sp³-hybridized carbons (Fsp3) is 0.211. The van der Waals surface area contributed by atoms with Crippen molar-refractivity contribution in [1.29, 1.82) is 0 Å². The second kappa shape index (κ2) is 6.61. The van der Waals surface area contributed by atoms with E-state index >= 15 is 0 Å². The van der Waals surface area contributed by atoms with Crippen molar-refractivity contribution < 1.29 is 12.7 Å². The maximum absolute atomic E-state index is 12.3. The first-order valence-electron chi connectivity index (χ1n) is 7.80. The highest BCUT2D eigenvalue weighted by molar-refractivity contribution is 7.86. The van der Waals surface area contributed by atoms with Crippen molar-refractivity contribution >= 4 is 21.4 Å². The van der Waals surface area contributed by atoms with Gasteiger partial charge in [0.1, 0.15) is 4.90 Å². The van der Waals surface area contributed by atoms with Crippen molar-refractivity contribution in [2.75, 3.05) is 0 Å². The summed E-state index contributed by atoms with van der Waals surface area (Å²) in [7, 11) is -3.90. The molecule has 5 heteroatoms. The van der Waals surface area contributed by atoms with Crippen molar-refractivity contribution in [3.8, 4) is 0 Å². The van der Waals surface area contributed by atoms with E-state index in [1.807, 2.05) is 44.2 Å². The van der Waals surface area contributed by atoms with Gasteiger partial charge in [-0.2, -0.15) is 8.42 Å². The number of benzene rings is 2. The van der Waals surface area contributed by atoms with Crippen LogP contribution in [0.4, 0.5) is 0 Å². The molecule has 0 radical (unpaired) electrons. The molecule has 1 aliphatic carbocycles. The number of aryl methyl sites for hydroxylation is 1. The number of hydrogen-bond donors (Lipinski definition) is 0. The molecule has 0 fully saturated rings. The Kier molecular flexibility index (Phi) is 4.53. The van der Waals surface area contributed by atoms with E-state index in [-0.39, 0.29) is 4.90 Å². The van der Waals surface area contributed by atoms with Crippen molar-refractivity contribution in [2.24, 2.45) is 5.16 Å². The lowest BCUT2D eigenvalue weighted by molar-refractivity contribution is 0.338. The standard InChI is InChI=1S/C19H19NO3S/c1-14-8-11-17(12-9-14)24(21,22)23-20-18-13-10-15(2)19(18)16-6-4-3-5-7-16/h3-9,11-12H,10,13H2,1-2H3/b20-18-. The summed E-state index contributed by atoms with van der Waals surface area (Å²) < 4.78 is 29.5. The van der Waals surface area contributed by atoms with Crippen molar-refractivity contribution in [2.45, 2.75) is 31.6 Å². The van der Waals surface area contributed by atoms with Crippen LogP contribution in [0.1, 0.15) is 30.9 Å². The molecule has 2 aromatic rings. The summed E-state index contributed by atoms with van der Waals surface area (Å²) in [6.07, 6.45) is 1.54. The first-order chi connectivity index (χ1) is 11.5. The fourth-order valence-electron chi connectivity index (χ4n) is 2.75. The summed E-state index contributed by atoms with van der Waals surface area (Å²) in [5.41, 5.74) is 4.86. The van der Waals surface area contributed by atoms with Gasteiger partial charge >= 0.3 is 10.1 Å². The molecule has 0 aromatic heterocycles. The van der Waals surface area contributed by atoms with Gasteiger partial charge in [0.25, 0.3) is 0 Å². The van der Waals surface area contributed by atoms with Gasteiger partial charge in [0.15, 0.2) is 0 Å². The van der Waals surface area contributed by atoms with Gasteiger partial charge in [-0.05, 0) is 44.4 Å². The van der Waals surface area contributed by atoms with Crippen LogP contribution in [0.25, 0.3) is 5.57 Å². The Labute approximate surface area is 142 Å². The van der Waals surface area contributed by atoms with Crippen LogP contribution >= 0.6 is 0 Å². The fourth-order valence-corrected chi connectivity index (χ4v) is 3.50. The molecule has 124 valence electrons. The molecule has 0 spiro atoms. The van der Waals surface area contributed by atoms with Crippen molar-refractivity contribution in [3.63, 3.8) is 0 Å². The summed E-state index contributed by atoms with van der Waals surface area (Å²) in [6, 6.07) is 16.4. The van der Waals surface area contributed by atoms with E-state index in [0.717, 1.165) is 23.1 Å². The number of nitrogens with zero attached hydrogens (tertiary/aromatic N) is 1. The maximum Gasteiger partial charge on any atom is 0.358 e. The van der Waals surface area contributed by atoms with Gasteiger partial charge in [0.2, 0.25) is 0 Å². The summed E-state index contributed by atoms with van der Waals surface area (Å²) in [5.74, 6) is 0. The van der Waals surface area contributed by atoms with E-state index < -0.39 is 10.1 Å². The van der Waals surface area contributed by atoms with Gasteiger partial charge in [-0.15, -0.1) is 0 Å². The van der Waals surface area contributed by atoms with Gasteiger partial charge in [0, 0.05) is 5.57 Å². The normalized spacial score (nSPS) is 16.7. The van der Waals surface area contributed by atoms with Crippen LogP contribution in [0, 0.1) is 6.92 Å². The van der Waals surface area contributed by atoms with Crippen LogP contribution < -0.4 is 0 Å². The highest BCUT2D eigenvalue weighted by Gasteiger charge is 2.22. The van der Waals surface area contributed by atoms with E-state index in [4.69, 9.17) is 4.28 Å². The molecule has 0 atom stereocenters. The molecule has 0 saturated heterocycles. The van der Waals surface area contributed by atoms with Gasteiger partial charge in [0.05, 0.1) is 5.71 Å². The monoisotopic (exact) mass is 341 g/mol. The molecule has 0 heterocycles. The third kappa shape index (κ3) is 3.41. The molecule has 4 nitrogen and oxygen atoms in total. The molecule has 1 aliphatic rings. The molecule has 0 N–H and O–H groups in total. The molecule has 0 saturated carbocycles. The smallest absolute Gasteiger partial charge is 0.264 e. The molecule has 0 bridgehead atoms. The maximum atomic E-state index is 12.3. The second-order valence-electron chi connectivity index (χ2n) is 5.90. The summed E-state index contributed by atoms with van der Waals surface area (Å²) in [6.45, 7) is 3.94. The van der Waals surface area contributed by atoms with Crippen LogP contribution in [0.5, 0.6) is 0 Å². The third-order valence-electron chi connectivity index (χ3n) is 4.07. The molecule has 0 amide bonds. The van der Waals surface area contributed by atoms with Crippen molar-refractivity contribution in [1.82, 2.24) is 0 Å². The minimum Gasteiger partial charge on any atom is -0.264 e. The van der Waals surface area contributed by atoms with Gasteiger partial charge in [-0.3, -0.25) is 4.28 Å². The number of rotatable bonds is 4. The Balaban J connectivity index is 1.87. The van der Waals surface area contributed by atoms with Crippen LogP contribution in [0.15, 0.2) is 70.2 Å². The molecular formula is C19H19NO3S. The number of allylic oxidation sites excluding steroid dienone is 2. The first-order valence-corrected chi connectivity index (χ1v) is 9.21. The average Bonchev–Trinajstić information content (AvgIpc) is 2.95. The summed E-state index contributed by atoms with van der Waals surface area (Å²) in [4.78, 5) is 0.109. The van der Waals surface area contributed by atoms with E-state index in [1.165, 1.54) is 17.7 Å². The van der Waals surface area contributed by atoms with Gasteiger partial charge < -0.3 is 0 Å². The largest absolute Gasteiger partial charge is 0.358 e. The number of oxime groups is 1. The lowest BCUT2D eigenvalue weighted by Crippen LogP contribution is -2.06. The minimum absolute atomic E-state index is 0.109. The second-order valence-corrected chi connectivity index (χ2v) is 7.43. The average molecular weight is 341 g/mol. The van der Waals surface area contributed by atoms with Crippen molar-refractivity contribution in [3.05, 3.63) is 71.3 Å². The molecule has 24 heavy (non-hydrogen) atoms. The highest BCUT2D eigenvalue weighted by atomic mass is 32.2. The van der Waals surface area contributed by atoms with Crippen LogP contribution in [-0.2, 0) is 14.4 Å². The van der Waals surface area contributed by atoms with E-state index in [2.05, 4.69) is 5.16 Å². The Morgan fingerprint density at radius 1 is 0.917 bits per heavy atom. The SMILES string of the molecule is CC1=C(c2ccccc2)/C(=N\OS(=O)(=O)c2ccc(C)cc2)CC1. The van der Waals surface area contributed by atoms with E-state index in [9.17, 15) is 8.42 Å². The molecular weight excluding hydrogens is 322 g/mol. The lowest BCUT2D eigenvalue weighted by Gasteiger charge is -2.07. The topological polar surface area (TPSA) is 55.7 Å². The highest BCUT2D eigenvalue weighted by Crippen LogP contribution is 2.32. The summed E-state index contributed by atoms with van der Waals surface area (Å²) >= 11 is 0. The third-order valence-corrected chi connectivity index (χ3v) is 5.19. The Morgan fingerprint density at radius 3 is 2.25 bits per heavy atom. The Hall–Kier alpha value is -2.40. The van der Waals surface area contributed by atoms with E-state index in [0.29, 0.717) is 12.1 Å². The van der Waals surface area contributed by atoms with E-state index in [1.54, 1.807) is 12.1 Å². The predicted molar refractivity (Wildman–Crippen MR) is 95.2 cm³/mol. The van der Waals surface area contributed by atoms with Gasteiger partial charge in [-0.1, -0.05) is 58.8 Å². The Morgan fingerprint density at radius 2 is 1.58 bits per heavy atom. The summed E-state index contributed by atoms with van der Waals surface area (Å²) in [5, 5.41) is 3.97. The number of hydrogen-bond acceptors (Lipinski definition) is 4. The first kappa shape index (κ1) is 16.5. The lowest BCUT2D eigenvalue weighted by atomic mass is 10.0. The molecule has 0 aliphatic heterocycles. The molecule has 0 unspecified atom stereocenters. The predicted octanol–water partition coefficient (Wildman–Crippen LogP) is 4.32. The zero-order valence-electron chi connectivity index (χ0n) is 13.7. The zero-order valence-corrected chi connectivity index (χ0v) is 14.5. The van der Waals surface area contributed by atoms with Gasteiger partial charge in [-0.25, -0.2) is 0 Å². The van der Waals surface area contributed by atoms with Crippen LogP contribution in [-0.4, -0.2) is 14.1 Å². The zero-order chi connectivity index (χ0) is 17.2. The van der Waals surface area contributed by atoms with Crippen LogP contribution in [0.2, 0.25) is 0 Å². The molecule has 2 aromatic carbocycles. The van der Waals surface area contributed by atoms with Crippen LogP contribution in [0.3, 0.4) is 0 Å².